The smallest absolute Gasteiger partial charge is 0.251 e. The minimum Gasteiger partial charge on any atom is -0.379 e. The Morgan fingerprint density at radius 2 is 1.60 bits per heavy atom. The first kappa shape index (κ1) is 17.0. The van der Waals surface area contributed by atoms with Crippen molar-refractivity contribution in [3.05, 3.63) is 29.8 Å². The third kappa shape index (κ3) is 3.73. The predicted molar refractivity (Wildman–Crippen MR) is 92.7 cm³/mol. The Balaban J connectivity index is 1.44. The van der Waals surface area contributed by atoms with Gasteiger partial charge in [0.1, 0.15) is 0 Å². The molecular formula is C18H24N2O4S. The zero-order valence-corrected chi connectivity index (χ0v) is 15.0. The van der Waals surface area contributed by atoms with Crippen molar-refractivity contribution in [1.82, 2.24) is 9.62 Å². The first-order valence-corrected chi connectivity index (χ1v) is 10.5. The molecule has 0 atom stereocenters. The molecule has 6 nitrogen and oxygen atoms in total. The average Bonchev–Trinajstić information content (AvgIpc) is 3.54. The van der Waals surface area contributed by atoms with Crippen LogP contribution in [0.25, 0.3) is 0 Å². The van der Waals surface area contributed by atoms with Gasteiger partial charge in [-0.3, -0.25) is 4.79 Å². The summed E-state index contributed by atoms with van der Waals surface area (Å²) in [5, 5.41) is 3.16. The Labute approximate surface area is 148 Å². The summed E-state index contributed by atoms with van der Waals surface area (Å²) in [4.78, 5) is 12.7. The lowest BCUT2D eigenvalue weighted by Crippen LogP contribution is -2.40. The van der Waals surface area contributed by atoms with E-state index < -0.39 is 10.0 Å². The molecule has 1 aromatic carbocycles. The summed E-state index contributed by atoms with van der Waals surface area (Å²) < 4.78 is 31.9. The van der Waals surface area contributed by atoms with Gasteiger partial charge < -0.3 is 10.1 Å². The number of amides is 1. The molecule has 0 bridgehead atoms. The van der Waals surface area contributed by atoms with E-state index in [4.69, 9.17) is 4.74 Å². The summed E-state index contributed by atoms with van der Waals surface area (Å²) in [6.45, 7) is 1.58. The molecule has 1 N–H and O–H groups in total. The number of benzene rings is 1. The van der Waals surface area contributed by atoms with Crippen molar-refractivity contribution >= 4 is 15.9 Å². The average molecular weight is 364 g/mol. The second-order valence-corrected chi connectivity index (χ2v) is 9.15. The molecule has 7 heteroatoms. The van der Waals surface area contributed by atoms with E-state index >= 15 is 0 Å². The molecule has 2 aliphatic carbocycles. The summed E-state index contributed by atoms with van der Waals surface area (Å²) in [5.41, 5.74) is 0.521. The monoisotopic (exact) mass is 364 g/mol. The van der Waals surface area contributed by atoms with Crippen LogP contribution < -0.4 is 5.32 Å². The van der Waals surface area contributed by atoms with E-state index in [1.54, 1.807) is 12.1 Å². The highest BCUT2D eigenvalue weighted by Gasteiger charge is 2.42. The largest absolute Gasteiger partial charge is 0.379 e. The topological polar surface area (TPSA) is 75.7 Å². The molecule has 0 radical (unpaired) electrons. The molecule has 3 aliphatic rings. The van der Waals surface area contributed by atoms with Gasteiger partial charge in [-0.05, 0) is 61.8 Å². The molecule has 1 aromatic rings. The molecule has 25 heavy (non-hydrogen) atoms. The molecule has 4 rings (SSSR count). The zero-order chi connectivity index (χ0) is 17.4. The van der Waals surface area contributed by atoms with Crippen molar-refractivity contribution in [1.29, 1.82) is 0 Å². The Hall–Kier alpha value is -1.44. The fraction of sp³-hybridized carbons (Fsp3) is 0.611. The zero-order valence-electron chi connectivity index (χ0n) is 14.2. The van der Waals surface area contributed by atoms with E-state index in [-0.39, 0.29) is 10.8 Å². The molecule has 1 amide bonds. The van der Waals surface area contributed by atoms with E-state index in [1.165, 1.54) is 42.1 Å². The molecule has 0 spiro atoms. The first-order valence-electron chi connectivity index (χ1n) is 9.04. The number of hydrogen-bond acceptors (Lipinski definition) is 4. The highest BCUT2D eigenvalue weighted by molar-refractivity contribution is 7.89. The normalized spacial score (nSPS) is 22.1. The van der Waals surface area contributed by atoms with Gasteiger partial charge in [0.05, 0.1) is 18.1 Å². The van der Waals surface area contributed by atoms with E-state index in [9.17, 15) is 13.2 Å². The molecule has 1 heterocycles. The molecule has 2 saturated carbocycles. The van der Waals surface area contributed by atoms with Crippen molar-refractivity contribution in [3.8, 4) is 0 Å². The first-order chi connectivity index (χ1) is 12.1. The highest BCUT2D eigenvalue weighted by atomic mass is 32.2. The van der Waals surface area contributed by atoms with Crippen LogP contribution in [0.4, 0.5) is 0 Å². The molecule has 136 valence electrons. The quantitative estimate of drug-likeness (QED) is 0.832. The van der Waals surface area contributed by atoms with Gasteiger partial charge in [-0.1, -0.05) is 0 Å². The molecule has 1 saturated heterocycles. The van der Waals surface area contributed by atoms with Crippen LogP contribution >= 0.6 is 0 Å². The maximum atomic E-state index is 12.6. The number of sulfonamides is 1. The number of morpholine rings is 1. The van der Waals surface area contributed by atoms with Crippen molar-refractivity contribution in [3.63, 3.8) is 0 Å². The summed E-state index contributed by atoms with van der Waals surface area (Å²) in [6.07, 6.45) is 4.83. The van der Waals surface area contributed by atoms with Crippen LogP contribution in [0.5, 0.6) is 0 Å². The van der Waals surface area contributed by atoms with Gasteiger partial charge in [0.25, 0.3) is 5.91 Å². The van der Waals surface area contributed by atoms with Crippen LogP contribution in [-0.2, 0) is 14.8 Å². The maximum absolute atomic E-state index is 12.6. The summed E-state index contributed by atoms with van der Waals surface area (Å²) in [5.74, 6) is 1.17. The fourth-order valence-corrected chi connectivity index (χ4v) is 4.89. The number of carbonyl (C=O) groups is 1. The van der Waals surface area contributed by atoms with E-state index in [2.05, 4.69) is 5.32 Å². The van der Waals surface area contributed by atoms with Crippen LogP contribution in [0.15, 0.2) is 29.2 Å². The van der Waals surface area contributed by atoms with E-state index in [1.807, 2.05) is 0 Å². The van der Waals surface area contributed by atoms with Crippen LogP contribution in [0.3, 0.4) is 0 Å². The minimum absolute atomic E-state index is 0.0980. The van der Waals surface area contributed by atoms with Crippen LogP contribution in [-0.4, -0.2) is 51.0 Å². The molecule has 3 fully saturated rings. The van der Waals surface area contributed by atoms with Gasteiger partial charge in [-0.15, -0.1) is 0 Å². The van der Waals surface area contributed by atoms with Gasteiger partial charge >= 0.3 is 0 Å². The molecule has 1 aliphatic heterocycles. The SMILES string of the molecule is O=C(NC(C1CC1)C1CC1)c1ccc(S(=O)(=O)N2CCOCC2)cc1. The van der Waals surface area contributed by atoms with Crippen molar-refractivity contribution in [2.24, 2.45) is 11.8 Å². The standard InChI is InChI=1S/C18H24N2O4S/c21-18(19-17(13-1-2-13)14-3-4-14)15-5-7-16(8-6-15)25(22,23)20-9-11-24-12-10-20/h5-8,13-14,17H,1-4,9-12H2,(H,19,21). The van der Waals surface area contributed by atoms with Crippen LogP contribution in [0.1, 0.15) is 36.0 Å². The third-order valence-corrected chi connectivity index (χ3v) is 7.19. The lowest BCUT2D eigenvalue weighted by molar-refractivity contribution is 0.0730. The highest BCUT2D eigenvalue weighted by Crippen LogP contribution is 2.44. The summed E-state index contributed by atoms with van der Waals surface area (Å²) in [6, 6.07) is 6.58. The lowest BCUT2D eigenvalue weighted by atomic mass is 10.1. The number of nitrogens with one attached hydrogen (secondary N) is 1. The summed E-state index contributed by atoms with van der Waals surface area (Å²) in [7, 11) is -3.51. The van der Waals surface area contributed by atoms with Gasteiger partial charge in [0.15, 0.2) is 0 Å². The number of ether oxygens (including phenoxy) is 1. The number of nitrogens with zero attached hydrogens (tertiary/aromatic N) is 1. The second-order valence-electron chi connectivity index (χ2n) is 7.21. The van der Waals surface area contributed by atoms with Crippen LogP contribution in [0, 0.1) is 11.8 Å². The molecule has 0 aromatic heterocycles. The maximum Gasteiger partial charge on any atom is 0.251 e. The van der Waals surface area contributed by atoms with Crippen molar-refractivity contribution < 1.29 is 17.9 Å². The Morgan fingerprint density at radius 3 is 2.12 bits per heavy atom. The summed E-state index contributed by atoms with van der Waals surface area (Å²) >= 11 is 0. The van der Waals surface area contributed by atoms with Gasteiger partial charge in [0, 0.05) is 24.7 Å². The fourth-order valence-electron chi connectivity index (χ4n) is 3.48. The van der Waals surface area contributed by atoms with E-state index in [0.717, 1.165) is 0 Å². The van der Waals surface area contributed by atoms with Gasteiger partial charge in [-0.2, -0.15) is 4.31 Å². The molecule has 0 unspecified atom stereocenters. The minimum atomic E-state index is -3.51. The second kappa shape index (κ2) is 6.70. The predicted octanol–water partition coefficient (Wildman–Crippen LogP) is 1.63. The Bertz CT molecular complexity index is 721. The van der Waals surface area contributed by atoms with Gasteiger partial charge in [-0.25, -0.2) is 8.42 Å². The third-order valence-electron chi connectivity index (χ3n) is 5.28. The number of hydrogen-bond donors (Lipinski definition) is 1. The van der Waals surface area contributed by atoms with Crippen molar-refractivity contribution in [2.45, 2.75) is 36.6 Å². The van der Waals surface area contributed by atoms with Gasteiger partial charge in [0.2, 0.25) is 10.0 Å². The van der Waals surface area contributed by atoms with E-state index in [0.29, 0.717) is 49.7 Å². The Morgan fingerprint density at radius 1 is 1.04 bits per heavy atom. The number of carbonyl (C=O) groups excluding carboxylic acids is 1. The lowest BCUT2D eigenvalue weighted by Gasteiger charge is -2.26. The Kier molecular flexibility index (Phi) is 4.56. The number of rotatable bonds is 6. The molecular weight excluding hydrogens is 340 g/mol. The van der Waals surface area contributed by atoms with Crippen molar-refractivity contribution in [2.75, 3.05) is 26.3 Å². The van der Waals surface area contributed by atoms with Crippen LogP contribution in [0.2, 0.25) is 0 Å².